The van der Waals surface area contributed by atoms with Crippen molar-refractivity contribution < 1.29 is 14.2 Å². The number of hydrogen-bond donors (Lipinski definition) is 1. The summed E-state index contributed by atoms with van der Waals surface area (Å²) < 4.78 is 12.4. The van der Waals surface area contributed by atoms with Crippen LogP contribution in [-0.4, -0.2) is 15.9 Å². The molecule has 1 aliphatic carbocycles. The van der Waals surface area contributed by atoms with E-state index >= 15 is 0 Å². The van der Waals surface area contributed by atoms with Gasteiger partial charge in [0.1, 0.15) is 5.69 Å². The van der Waals surface area contributed by atoms with Crippen molar-refractivity contribution in [1.29, 1.82) is 0 Å². The number of hydrogen-bond acceptors (Lipinski definition) is 5. The normalized spacial score (nSPS) is 14.0. The van der Waals surface area contributed by atoms with Crippen LogP contribution in [0.15, 0.2) is 48.5 Å². The maximum absolute atomic E-state index is 12.4. The fraction of sp³-hybridized carbons (Fsp3) is 0.333. The van der Waals surface area contributed by atoms with Crippen LogP contribution in [0.25, 0.3) is 0 Å². The van der Waals surface area contributed by atoms with E-state index in [4.69, 9.17) is 0 Å². The molecule has 1 aliphatic rings. The predicted octanol–water partition coefficient (Wildman–Crippen LogP) is 5.07. The minimum atomic E-state index is -0.799. The summed E-state index contributed by atoms with van der Waals surface area (Å²) >= 11 is 0. The van der Waals surface area contributed by atoms with Gasteiger partial charge in [-0.1, -0.05) is 43.5 Å². The highest BCUT2D eigenvalue weighted by atomic mass is 19.1. The van der Waals surface area contributed by atoms with Gasteiger partial charge in [0.25, 0.3) is 5.69 Å². The van der Waals surface area contributed by atoms with Gasteiger partial charge < -0.3 is 5.32 Å². The molecular formula is C18H20FN3O4. The first-order valence-electron chi connectivity index (χ1n) is 8.38. The van der Waals surface area contributed by atoms with Crippen LogP contribution in [0.3, 0.4) is 0 Å². The molecule has 0 atom stereocenters. The van der Waals surface area contributed by atoms with Crippen molar-refractivity contribution in [2.45, 2.75) is 38.1 Å². The number of nitro benzene ring substituents is 2. The second-order valence-electron chi connectivity index (χ2n) is 5.96. The molecule has 138 valence electrons. The Balaban J connectivity index is 0.000000209. The SMILES string of the molecule is O=[N+]([O-])c1ccccc1F.O=[N+]([O-])c1ccccc1NC1CCCCC1. The van der Waals surface area contributed by atoms with E-state index in [0.717, 1.165) is 25.0 Å². The minimum Gasteiger partial charge on any atom is -0.377 e. The van der Waals surface area contributed by atoms with Crippen LogP contribution in [-0.2, 0) is 0 Å². The van der Waals surface area contributed by atoms with E-state index < -0.39 is 16.4 Å². The standard InChI is InChI=1S/C12H16N2O2.C6H4FNO2/c15-14(16)12-9-5-4-8-11(12)13-10-6-2-1-3-7-10;7-5-3-1-2-4-6(5)8(9)10/h4-5,8-10,13H,1-3,6-7H2;1-4H. The molecule has 0 aromatic heterocycles. The Kier molecular flexibility index (Phi) is 7.02. The Morgan fingerprint density at radius 2 is 1.38 bits per heavy atom. The summed E-state index contributed by atoms with van der Waals surface area (Å²) in [5.74, 6) is -0.799. The monoisotopic (exact) mass is 361 g/mol. The van der Waals surface area contributed by atoms with Crippen molar-refractivity contribution >= 4 is 17.1 Å². The molecule has 0 saturated heterocycles. The van der Waals surface area contributed by atoms with Crippen LogP contribution < -0.4 is 5.32 Å². The van der Waals surface area contributed by atoms with Gasteiger partial charge in [0.05, 0.1) is 9.85 Å². The van der Waals surface area contributed by atoms with Gasteiger partial charge in [0, 0.05) is 18.2 Å². The topological polar surface area (TPSA) is 98.3 Å². The number of para-hydroxylation sites is 3. The molecule has 2 aromatic carbocycles. The molecule has 0 radical (unpaired) electrons. The number of benzene rings is 2. The lowest BCUT2D eigenvalue weighted by atomic mass is 9.95. The number of halogens is 1. The number of nitro groups is 2. The zero-order chi connectivity index (χ0) is 18.9. The predicted molar refractivity (Wildman–Crippen MR) is 96.6 cm³/mol. The van der Waals surface area contributed by atoms with Crippen molar-refractivity contribution in [3.8, 4) is 0 Å². The van der Waals surface area contributed by atoms with Gasteiger partial charge >= 0.3 is 5.69 Å². The van der Waals surface area contributed by atoms with Gasteiger partial charge in [0.2, 0.25) is 5.82 Å². The Labute approximate surface area is 150 Å². The fourth-order valence-corrected chi connectivity index (χ4v) is 2.82. The minimum absolute atomic E-state index is 0.174. The third-order valence-corrected chi connectivity index (χ3v) is 4.11. The van der Waals surface area contributed by atoms with Crippen molar-refractivity contribution in [2.75, 3.05) is 5.32 Å². The van der Waals surface area contributed by atoms with Crippen LogP contribution >= 0.6 is 0 Å². The summed E-state index contributed by atoms with van der Waals surface area (Å²) in [5, 5.41) is 24.1. The van der Waals surface area contributed by atoms with Crippen molar-refractivity contribution in [3.05, 3.63) is 74.6 Å². The van der Waals surface area contributed by atoms with Gasteiger partial charge in [-0.05, 0) is 25.0 Å². The number of nitrogens with one attached hydrogen (secondary N) is 1. The molecule has 3 rings (SSSR count). The highest BCUT2D eigenvalue weighted by Crippen LogP contribution is 2.27. The highest BCUT2D eigenvalue weighted by molar-refractivity contribution is 5.61. The van der Waals surface area contributed by atoms with Gasteiger partial charge in [-0.3, -0.25) is 20.2 Å². The van der Waals surface area contributed by atoms with Gasteiger partial charge in [-0.25, -0.2) is 0 Å². The molecule has 1 saturated carbocycles. The van der Waals surface area contributed by atoms with E-state index in [1.54, 1.807) is 18.2 Å². The molecule has 0 heterocycles. The van der Waals surface area contributed by atoms with Crippen LogP contribution in [0.1, 0.15) is 32.1 Å². The van der Waals surface area contributed by atoms with Crippen molar-refractivity contribution in [2.24, 2.45) is 0 Å². The molecule has 0 amide bonds. The first kappa shape index (κ1) is 19.3. The molecule has 7 nitrogen and oxygen atoms in total. The van der Waals surface area contributed by atoms with Crippen LogP contribution in [0.2, 0.25) is 0 Å². The molecule has 1 N–H and O–H groups in total. The van der Waals surface area contributed by atoms with Gasteiger partial charge in [-0.15, -0.1) is 0 Å². The maximum atomic E-state index is 12.4. The van der Waals surface area contributed by atoms with E-state index in [9.17, 15) is 24.6 Å². The highest BCUT2D eigenvalue weighted by Gasteiger charge is 2.18. The quantitative estimate of drug-likeness (QED) is 0.605. The Hall–Kier alpha value is -3.03. The lowest BCUT2D eigenvalue weighted by Crippen LogP contribution is -2.22. The Morgan fingerprint density at radius 1 is 0.846 bits per heavy atom. The summed E-state index contributed by atoms with van der Waals surface area (Å²) in [7, 11) is 0. The molecule has 0 bridgehead atoms. The average molecular weight is 361 g/mol. The molecular weight excluding hydrogens is 341 g/mol. The van der Waals surface area contributed by atoms with Gasteiger partial charge in [0.15, 0.2) is 0 Å². The lowest BCUT2D eigenvalue weighted by molar-refractivity contribution is -0.387. The summed E-state index contributed by atoms with van der Waals surface area (Å²) in [6.45, 7) is 0. The maximum Gasteiger partial charge on any atom is 0.304 e. The van der Waals surface area contributed by atoms with E-state index in [2.05, 4.69) is 5.32 Å². The molecule has 0 unspecified atom stereocenters. The third-order valence-electron chi connectivity index (χ3n) is 4.11. The third kappa shape index (κ3) is 5.51. The summed E-state index contributed by atoms with van der Waals surface area (Å²) in [5.41, 5.74) is 0.343. The molecule has 2 aromatic rings. The second-order valence-corrected chi connectivity index (χ2v) is 5.96. The van der Waals surface area contributed by atoms with E-state index in [0.29, 0.717) is 11.7 Å². The zero-order valence-corrected chi connectivity index (χ0v) is 14.1. The van der Waals surface area contributed by atoms with Crippen LogP contribution in [0, 0.1) is 26.0 Å². The fourth-order valence-electron chi connectivity index (χ4n) is 2.82. The smallest absolute Gasteiger partial charge is 0.304 e. The Bertz CT molecular complexity index is 764. The van der Waals surface area contributed by atoms with E-state index in [1.807, 2.05) is 6.07 Å². The number of rotatable bonds is 4. The van der Waals surface area contributed by atoms with Crippen LogP contribution in [0.5, 0.6) is 0 Å². The molecule has 0 spiro atoms. The van der Waals surface area contributed by atoms with Crippen molar-refractivity contribution in [3.63, 3.8) is 0 Å². The largest absolute Gasteiger partial charge is 0.377 e. The molecule has 0 aliphatic heterocycles. The van der Waals surface area contributed by atoms with E-state index in [1.165, 1.54) is 31.4 Å². The zero-order valence-electron chi connectivity index (χ0n) is 14.1. The first-order chi connectivity index (χ1) is 12.5. The average Bonchev–Trinajstić information content (AvgIpc) is 2.63. The van der Waals surface area contributed by atoms with Crippen LogP contribution in [0.4, 0.5) is 21.5 Å². The van der Waals surface area contributed by atoms with Crippen molar-refractivity contribution in [1.82, 2.24) is 0 Å². The molecule has 1 fully saturated rings. The summed E-state index contributed by atoms with van der Waals surface area (Å²) in [4.78, 5) is 19.7. The first-order valence-corrected chi connectivity index (χ1v) is 8.38. The summed E-state index contributed by atoms with van der Waals surface area (Å²) in [6.07, 6.45) is 5.96. The van der Waals surface area contributed by atoms with Gasteiger partial charge in [-0.2, -0.15) is 4.39 Å². The number of nitrogens with zero attached hydrogens (tertiary/aromatic N) is 2. The lowest BCUT2D eigenvalue weighted by Gasteiger charge is -2.23. The second kappa shape index (κ2) is 9.45. The van der Waals surface area contributed by atoms with E-state index in [-0.39, 0.29) is 10.6 Å². The number of anilines is 1. The Morgan fingerprint density at radius 3 is 1.92 bits per heavy atom. The summed E-state index contributed by atoms with van der Waals surface area (Å²) in [6, 6.07) is 12.3. The molecule has 8 heteroatoms. The molecule has 26 heavy (non-hydrogen) atoms.